The summed E-state index contributed by atoms with van der Waals surface area (Å²) in [7, 11) is -3.13. The monoisotopic (exact) mass is 318 g/mol. The fourth-order valence-corrected chi connectivity index (χ4v) is 3.53. The van der Waals surface area contributed by atoms with Crippen LogP contribution < -0.4 is 4.90 Å². The van der Waals surface area contributed by atoms with Gasteiger partial charge in [0.15, 0.2) is 9.84 Å². The fraction of sp³-hybridized carbons (Fsp3) is 0.462. The minimum absolute atomic E-state index is 0.0475. The number of hydrogen-bond acceptors (Lipinski definition) is 4. The molecule has 1 aromatic rings. The van der Waals surface area contributed by atoms with Crippen molar-refractivity contribution < 1.29 is 21.6 Å². The molecule has 0 bridgehead atoms. The van der Waals surface area contributed by atoms with Crippen molar-refractivity contribution in [3.05, 3.63) is 29.3 Å². The zero-order valence-corrected chi connectivity index (χ0v) is 11.8. The molecule has 0 aromatic heterocycles. The molecule has 2 rings (SSSR count). The number of hydrogen-bond donors (Lipinski definition) is 0. The van der Waals surface area contributed by atoms with Gasteiger partial charge in [0.2, 0.25) is 0 Å². The van der Waals surface area contributed by atoms with Crippen molar-refractivity contribution >= 4 is 15.5 Å². The Balaban J connectivity index is 2.35. The highest BCUT2D eigenvalue weighted by Gasteiger charge is 2.34. The van der Waals surface area contributed by atoms with E-state index >= 15 is 0 Å². The van der Waals surface area contributed by atoms with Crippen LogP contribution in [0.4, 0.5) is 18.9 Å². The fourth-order valence-electron chi connectivity index (χ4n) is 2.26. The van der Waals surface area contributed by atoms with Crippen LogP contribution in [0.25, 0.3) is 0 Å². The van der Waals surface area contributed by atoms with Crippen molar-refractivity contribution in [2.45, 2.75) is 12.6 Å². The Hall–Kier alpha value is -1.75. The lowest BCUT2D eigenvalue weighted by Gasteiger charge is -2.23. The molecule has 0 unspecified atom stereocenters. The van der Waals surface area contributed by atoms with Crippen molar-refractivity contribution in [2.75, 3.05) is 29.5 Å². The van der Waals surface area contributed by atoms with E-state index in [2.05, 4.69) is 0 Å². The average Bonchev–Trinajstić information content (AvgIpc) is 2.58. The molecule has 1 fully saturated rings. The molecule has 1 aliphatic heterocycles. The Morgan fingerprint density at radius 1 is 1.19 bits per heavy atom. The first-order valence-electron chi connectivity index (χ1n) is 6.30. The lowest BCUT2D eigenvalue weighted by molar-refractivity contribution is -0.137. The lowest BCUT2D eigenvalue weighted by atomic mass is 10.1. The van der Waals surface area contributed by atoms with Gasteiger partial charge in [-0.05, 0) is 24.6 Å². The second kappa shape index (κ2) is 5.56. The summed E-state index contributed by atoms with van der Waals surface area (Å²) in [6.45, 7) is 0.536. The first kappa shape index (κ1) is 15.6. The van der Waals surface area contributed by atoms with E-state index in [9.17, 15) is 21.6 Å². The van der Waals surface area contributed by atoms with Crippen molar-refractivity contribution in [1.82, 2.24) is 0 Å². The van der Waals surface area contributed by atoms with Crippen LogP contribution in [0.3, 0.4) is 0 Å². The third kappa shape index (κ3) is 3.67. The smallest absolute Gasteiger partial charge is 0.370 e. The van der Waals surface area contributed by atoms with Crippen molar-refractivity contribution in [1.29, 1.82) is 5.26 Å². The molecule has 0 aliphatic carbocycles. The predicted molar refractivity (Wildman–Crippen MR) is 71.6 cm³/mol. The molecular formula is C13H13F3N2O2S. The quantitative estimate of drug-likeness (QED) is 0.796. The summed E-state index contributed by atoms with van der Waals surface area (Å²) in [5, 5.41) is 8.75. The molecular weight excluding hydrogens is 305 g/mol. The molecule has 4 nitrogen and oxygen atoms in total. The van der Waals surface area contributed by atoms with Gasteiger partial charge in [-0.25, -0.2) is 8.42 Å². The van der Waals surface area contributed by atoms with E-state index in [1.807, 2.05) is 0 Å². The minimum Gasteiger partial charge on any atom is -0.370 e. The van der Waals surface area contributed by atoms with Crippen LogP contribution in [-0.4, -0.2) is 33.0 Å². The first-order chi connectivity index (χ1) is 9.73. The molecule has 8 heteroatoms. The normalized spacial score (nSPS) is 18.9. The van der Waals surface area contributed by atoms with Gasteiger partial charge < -0.3 is 4.90 Å². The van der Waals surface area contributed by atoms with Gasteiger partial charge in [-0.3, -0.25) is 0 Å². The van der Waals surface area contributed by atoms with Gasteiger partial charge in [-0.1, -0.05) is 0 Å². The zero-order chi connectivity index (χ0) is 15.7. The number of nitriles is 1. The van der Waals surface area contributed by atoms with E-state index in [1.54, 1.807) is 4.90 Å². The summed E-state index contributed by atoms with van der Waals surface area (Å²) < 4.78 is 61.8. The molecule has 0 radical (unpaired) electrons. The van der Waals surface area contributed by atoms with Gasteiger partial charge >= 0.3 is 6.18 Å². The third-order valence-electron chi connectivity index (χ3n) is 3.35. The summed E-state index contributed by atoms with van der Waals surface area (Å²) in [6, 6.07) is 4.98. The Bertz CT molecular complexity index is 678. The predicted octanol–water partition coefficient (Wildman–Crippen LogP) is 2.20. The molecule has 0 spiro atoms. The van der Waals surface area contributed by atoms with Gasteiger partial charge in [-0.2, -0.15) is 18.4 Å². The van der Waals surface area contributed by atoms with Gasteiger partial charge in [0.25, 0.3) is 0 Å². The van der Waals surface area contributed by atoms with Crippen molar-refractivity contribution in [3.8, 4) is 6.07 Å². The molecule has 21 heavy (non-hydrogen) atoms. The van der Waals surface area contributed by atoms with Crippen molar-refractivity contribution in [2.24, 2.45) is 0 Å². The lowest BCUT2D eigenvalue weighted by Crippen LogP contribution is -2.27. The second-order valence-corrected chi connectivity index (χ2v) is 7.14. The van der Waals surface area contributed by atoms with Gasteiger partial charge in [-0.15, -0.1) is 0 Å². The number of nitrogens with zero attached hydrogens (tertiary/aromatic N) is 2. The Labute approximate surface area is 120 Å². The Morgan fingerprint density at radius 2 is 1.90 bits per heavy atom. The van der Waals surface area contributed by atoms with E-state index in [0.717, 1.165) is 12.1 Å². The minimum atomic E-state index is -4.61. The van der Waals surface area contributed by atoms with E-state index in [-0.39, 0.29) is 18.1 Å². The first-order valence-corrected chi connectivity index (χ1v) is 8.12. The number of anilines is 1. The van der Waals surface area contributed by atoms with E-state index in [1.165, 1.54) is 12.1 Å². The number of alkyl halides is 3. The summed E-state index contributed by atoms with van der Waals surface area (Å²) in [4.78, 5) is 1.61. The Morgan fingerprint density at radius 3 is 2.52 bits per heavy atom. The summed E-state index contributed by atoms with van der Waals surface area (Å²) >= 11 is 0. The standard InChI is InChI=1S/C13H13F3N2O2S/c14-13(15,16)12-8-11(3-2-10(12)9-17)18-4-1-6-21(19,20)7-5-18/h2-3,8H,1,4-7H2. The van der Waals surface area contributed by atoms with Crippen LogP contribution in [0.15, 0.2) is 18.2 Å². The van der Waals surface area contributed by atoms with E-state index in [0.29, 0.717) is 18.7 Å². The third-order valence-corrected chi connectivity index (χ3v) is 5.06. The van der Waals surface area contributed by atoms with Crippen LogP contribution in [0.2, 0.25) is 0 Å². The average molecular weight is 318 g/mol. The molecule has 0 amide bonds. The van der Waals surface area contributed by atoms with Crippen molar-refractivity contribution in [3.63, 3.8) is 0 Å². The zero-order valence-electron chi connectivity index (χ0n) is 11.0. The molecule has 114 valence electrons. The van der Waals surface area contributed by atoms with Crippen LogP contribution >= 0.6 is 0 Å². The number of sulfone groups is 1. The summed E-state index contributed by atoms with van der Waals surface area (Å²) in [5.74, 6) is -0.0275. The molecule has 1 heterocycles. The highest BCUT2D eigenvalue weighted by molar-refractivity contribution is 7.91. The number of benzene rings is 1. The highest BCUT2D eigenvalue weighted by Crippen LogP contribution is 2.34. The van der Waals surface area contributed by atoms with Crippen LogP contribution in [0.1, 0.15) is 17.5 Å². The van der Waals surface area contributed by atoms with Gasteiger partial charge in [0.05, 0.1) is 28.7 Å². The van der Waals surface area contributed by atoms with Crippen LogP contribution in [-0.2, 0) is 16.0 Å². The molecule has 0 atom stereocenters. The van der Waals surface area contributed by atoms with Gasteiger partial charge in [0, 0.05) is 18.8 Å². The SMILES string of the molecule is N#Cc1ccc(N2CCCS(=O)(=O)CC2)cc1C(F)(F)F. The van der Waals surface area contributed by atoms with Crippen LogP contribution in [0.5, 0.6) is 0 Å². The summed E-state index contributed by atoms with van der Waals surface area (Å²) in [6.07, 6.45) is -4.23. The maximum Gasteiger partial charge on any atom is 0.417 e. The molecule has 1 aromatic carbocycles. The maximum atomic E-state index is 12.9. The Kier molecular flexibility index (Phi) is 4.14. The van der Waals surface area contributed by atoms with Crippen LogP contribution in [0, 0.1) is 11.3 Å². The molecule has 0 N–H and O–H groups in total. The maximum absolute atomic E-state index is 12.9. The largest absolute Gasteiger partial charge is 0.417 e. The van der Waals surface area contributed by atoms with E-state index < -0.39 is 27.1 Å². The number of halogens is 3. The van der Waals surface area contributed by atoms with Gasteiger partial charge in [0.1, 0.15) is 0 Å². The summed E-state index contributed by atoms with van der Waals surface area (Å²) in [5.41, 5.74) is -1.14. The molecule has 0 saturated carbocycles. The second-order valence-electron chi connectivity index (χ2n) is 4.83. The highest BCUT2D eigenvalue weighted by atomic mass is 32.2. The van der Waals surface area contributed by atoms with E-state index in [4.69, 9.17) is 5.26 Å². The number of rotatable bonds is 1. The molecule has 1 saturated heterocycles. The molecule has 1 aliphatic rings. The topological polar surface area (TPSA) is 61.2 Å².